The smallest absolute Gasteiger partial charge is 0.255 e. The van der Waals surface area contributed by atoms with Crippen molar-refractivity contribution in [2.45, 2.75) is 43.4 Å². The Hall–Kier alpha value is -2.38. The zero-order valence-electron chi connectivity index (χ0n) is 17.1. The third-order valence-corrected chi connectivity index (χ3v) is 6.87. The van der Waals surface area contributed by atoms with Gasteiger partial charge in [0.05, 0.1) is 18.6 Å². The van der Waals surface area contributed by atoms with Crippen LogP contribution in [0.1, 0.15) is 35.6 Å². The van der Waals surface area contributed by atoms with Crippen LogP contribution in [-0.4, -0.2) is 48.6 Å². The quantitative estimate of drug-likeness (QED) is 0.790. The van der Waals surface area contributed by atoms with Crippen molar-refractivity contribution in [1.82, 2.24) is 10.2 Å². The number of alkyl halides is 2. The molecule has 7 heteroatoms. The standard InChI is InChI=1S/C24H25F3N2O2/c25-17-7-5-16(6-8-17)22-18-4-2-1-3-15(18)9-12-29(22)23(30)21-13-20-19(14-31-21)24(26,27)10-11-28-20/h1-8,19-22,28H,9-14H2/t19-,20-,21+,22-/m0/s1. The van der Waals surface area contributed by atoms with E-state index in [0.29, 0.717) is 13.0 Å². The average Bonchev–Trinajstić information content (AvgIpc) is 2.78. The summed E-state index contributed by atoms with van der Waals surface area (Å²) < 4.78 is 47.8. The van der Waals surface area contributed by atoms with Gasteiger partial charge >= 0.3 is 0 Å². The molecule has 3 heterocycles. The first-order valence-corrected chi connectivity index (χ1v) is 10.8. The molecule has 4 atom stereocenters. The zero-order valence-corrected chi connectivity index (χ0v) is 17.1. The molecule has 0 spiro atoms. The van der Waals surface area contributed by atoms with Crippen molar-refractivity contribution < 1.29 is 22.7 Å². The third kappa shape index (κ3) is 3.74. The van der Waals surface area contributed by atoms with E-state index in [9.17, 15) is 18.0 Å². The molecule has 2 aromatic rings. The molecular formula is C24H25F3N2O2. The van der Waals surface area contributed by atoms with Crippen LogP contribution in [0.15, 0.2) is 48.5 Å². The first-order chi connectivity index (χ1) is 14.9. The second-order valence-electron chi connectivity index (χ2n) is 8.67. The van der Waals surface area contributed by atoms with Gasteiger partial charge in [-0.1, -0.05) is 36.4 Å². The first kappa shape index (κ1) is 20.5. The van der Waals surface area contributed by atoms with E-state index in [4.69, 9.17) is 4.74 Å². The molecule has 0 radical (unpaired) electrons. The summed E-state index contributed by atoms with van der Waals surface area (Å²) in [5, 5.41) is 3.16. The fourth-order valence-corrected chi connectivity index (χ4v) is 5.22. The summed E-state index contributed by atoms with van der Waals surface area (Å²) in [6.45, 7) is 0.604. The number of hydrogen-bond donors (Lipinski definition) is 1. The Morgan fingerprint density at radius 1 is 1.13 bits per heavy atom. The maximum absolute atomic E-state index is 14.3. The lowest BCUT2D eigenvalue weighted by atomic mass is 9.82. The summed E-state index contributed by atoms with van der Waals surface area (Å²) in [5.74, 6) is -4.21. The Labute approximate surface area is 179 Å². The van der Waals surface area contributed by atoms with Gasteiger partial charge in [-0.25, -0.2) is 13.2 Å². The maximum Gasteiger partial charge on any atom is 0.255 e. The molecule has 0 aliphatic carbocycles. The van der Waals surface area contributed by atoms with E-state index < -0.39 is 24.0 Å². The number of piperidine rings is 1. The number of ether oxygens (including phenoxy) is 1. The van der Waals surface area contributed by atoms with E-state index >= 15 is 0 Å². The highest BCUT2D eigenvalue weighted by Crippen LogP contribution is 2.40. The molecule has 2 saturated heterocycles. The van der Waals surface area contributed by atoms with Gasteiger partial charge < -0.3 is 15.0 Å². The molecular weight excluding hydrogens is 405 g/mol. The van der Waals surface area contributed by atoms with Crippen LogP contribution >= 0.6 is 0 Å². The molecule has 4 nitrogen and oxygen atoms in total. The molecule has 5 rings (SSSR count). The molecule has 1 amide bonds. The fraction of sp³-hybridized carbons (Fsp3) is 0.458. The lowest BCUT2D eigenvalue weighted by molar-refractivity contribution is -0.176. The highest BCUT2D eigenvalue weighted by molar-refractivity contribution is 5.82. The molecule has 3 aliphatic rings. The molecule has 0 aromatic heterocycles. The van der Waals surface area contributed by atoms with Crippen molar-refractivity contribution in [2.75, 3.05) is 19.7 Å². The Kier molecular flexibility index (Phi) is 5.26. The highest BCUT2D eigenvalue weighted by Gasteiger charge is 2.51. The topological polar surface area (TPSA) is 41.6 Å². The number of nitrogens with one attached hydrogen (secondary N) is 1. The SMILES string of the molecule is O=C([C@H]1C[C@@H]2NCCC(F)(F)[C@H]2CO1)N1CCc2ccccc2[C@@H]1c1ccc(F)cc1. The van der Waals surface area contributed by atoms with E-state index in [1.165, 1.54) is 12.1 Å². The van der Waals surface area contributed by atoms with Crippen LogP contribution in [0.5, 0.6) is 0 Å². The second kappa shape index (κ2) is 7.95. The van der Waals surface area contributed by atoms with Crippen LogP contribution in [0.3, 0.4) is 0 Å². The fourth-order valence-electron chi connectivity index (χ4n) is 5.22. The van der Waals surface area contributed by atoms with Crippen LogP contribution in [-0.2, 0) is 16.0 Å². The largest absolute Gasteiger partial charge is 0.368 e. The van der Waals surface area contributed by atoms with E-state index in [1.54, 1.807) is 17.0 Å². The predicted molar refractivity (Wildman–Crippen MR) is 109 cm³/mol. The minimum absolute atomic E-state index is 0.132. The lowest BCUT2D eigenvalue weighted by Crippen LogP contribution is -2.60. The first-order valence-electron chi connectivity index (χ1n) is 10.8. The number of fused-ring (bicyclic) bond motifs is 2. The van der Waals surface area contributed by atoms with Crippen LogP contribution in [0, 0.1) is 11.7 Å². The van der Waals surface area contributed by atoms with Crippen molar-refractivity contribution in [2.24, 2.45) is 5.92 Å². The number of nitrogens with zero attached hydrogens (tertiary/aromatic N) is 1. The molecule has 0 unspecified atom stereocenters. The monoisotopic (exact) mass is 430 g/mol. The number of halogens is 3. The van der Waals surface area contributed by atoms with Crippen LogP contribution in [0.25, 0.3) is 0 Å². The summed E-state index contributed by atoms with van der Waals surface area (Å²) in [7, 11) is 0. The van der Waals surface area contributed by atoms with Gasteiger partial charge in [0, 0.05) is 25.6 Å². The molecule has 2 aromatic carbocycles. The number of carbonyl (C=O) groups excluding carboxylic acids is 1. The normalized spacial score (nSPS) is 29.7. The van der Waals surface area contributed by atoms with Crippen molar-refractivity contribution in [1.29, 1.82) is 0 Å². The Morgan fingerprint density at radius 2 is 1.90 bits per heavy atom. The summed E-state index contributed by atoms with van der Waals surface area (Å²) in [4.78, 5) is 15.3. The Morgan fingerprint density at radius 3 is 2.71 bits per heavy atom. The minimum Gasteiger partial charge on any atom is -0.368 e. The molecule has 0 saturated carbocycles. The van der Waals surface area contributed by atoms with Gasteiger partial charge in [-0.05, 0) is 41.7 Å². The highest BCUT2D eigenvalue weighted by atomic mass is 19.3. The average molecular weight is 430 g/mol. The van der Waals surface area contributed by atoms with E-state index in [0.717, 1.165) is 16.7 Å². The van der Waals surface area contributed by atoms with Crippen molar-refractivity contribution in [3.05, 3.63) is 71.0 Å². The number of carbonyl (C=O) groups is 1. The van der Waals surface area contributed by atoms with Gasteiger partial charge in [0.15, 0.2) is 0 Å². The summed E-state index contributed by atoms with van der Waals surface area (Å²) in [6, 6.07) is 13.3. The van der Waals surface area contributed by atoms with E-state index in [1.807, 2.05) is 24.3 Å². The van der Waals surface area contributed by atoms with E-state index in [-0.39, 0.29) is 43.8 Å². The van der Waals surface area contributed by atoms with Gasteiger partial charge in [-0.2, -0.15) is 0 Å². The van der Waals surface area contributed by atoms with Gasteiger partial charge in [0.2, 0.25) is 0 Å². The Balaban J connectivity index is 1.43. The number of rotatable bonds is 2. The number of amides is 1. The maximum atomic E-state index is 14.3. The van der Waals surface area contributed by atoms with E-state index in [2.05, 4.69) is 5.32 Å². The summed E-state index contributed by atoms with van der Waals surface area (Å²) >= 11 is 0. The zero-order chi connectivity index (χ0) is 21.6. The molecule has 31 heavy (non-hydrogen) atoms. The molecule has 2 fully saturated rings. The minimum atomic E-state index is -2.77. The molecule has 1 N–H and O–H groups in total. The van der Waals surface area contributed by atoms with Crippen molar-refractivity contribution in [3.8, 4) is 0 Å². The molecule has 0 bridgehead atoms. The summed E-state index contributed by atoms with van der Waals surface area (Å²) in [5.41, 5.74) is 2.97. The van der Waals surface area contributed by atoms with Crippen LogP contribution < -0.4 is 5.32 Å². The number of hydrogen-bond acceptors (Lipinski definition) is 3. The lowest BCUT2D eigenvalue weighted by Gasteiger charge is -2.45. The van der Waals surface area contributed by atoms with Gasteiger partial charge in [0.1, 0.15) is 11.9 Å². The Bertz CT molecular complexity index is 966. The van der Waals surface area contributed by atoms with Crippen LogP contribution in [0.4, 0.5) is 13.2 Å². The predicted octanol–water partition coefficient (Wildman–Crippen LogP) is 3.70. The third-order valence-electron chi connectivity index (χ3n) is 6.87. The number of benzene rings is 2. The molecule has 3 aliphatic heterocycles. The van der Waals surface area contributed by atoms with Crippen molar-refractivity contribution >= 4 is 5.91 Å². The van der Waals surface area contributed by atoms with Gasteiger partial charge in [-0.15, -0.1) is 0 Å². The summed E-state index contributed by atoms with van der Waals surface area (Å²) in [6.07, 6.45) is -0.0378. The second-order valence-corrected chi connectivity index (χ2v) is 8.67. The molecule has 164 valence electrons. The van der Waals surface area contributed by atoms with Gasteiger partial charge in [0.25, 0.3) is 11.8 Å². The van der Waals surface area contributed by atoms with Crippen molar-refractivity contribution in [3.63, 3.8) is 0 Å². The van der Waals surface area contributed by atoms with Crippen LogP contribution in [0.2, 0.25) is 0 Å². The van der Waals surface area contributed by atoms with Gasteiger partial charge in [-0.3, -0.25) is 4.79 Å².